The average Bonchev–Trinajstić information content (AvgIpc) is 2.80. The first kappa shape index (κ1) is 12.9. The van der Waals surface area contributed by atoms with Gasteiger partial charge in [-0.3, -0.25) is 0 Å². The molecule has 1 aromatic rings. The van der Waals surface area contributed by atoms with Crippen LogP contribution in [0.3, 0.4) is 0 Å². The topological polar surface area (TPSA) is 46.2 Å². The zero-order valence-electron chi connectivity index (χ0n) is 10.1. The zero-order chi connectivity index (χ0) is 12.5. The summed E-state index contributed by atoms with van der Waals surface area (Å²) >= 11 is 1.47. The minimum atomic E-state index is -3.15. The molecule has 0 radical (unpaired) electrons. The van der Waals surface area contributed by atoms with E-state index in [1.807, 2.05) is 24.5 Å². The number of rotatable bonds is 3. The predicted octanol–water partition coefficient (Wildman–Crippen LogP) is 2.24. The van der Waals surface area contributed by atoms with Gasteiger partial charge in [0, 0.05) is 17.2 Å². The van der Waals surface area contributed by atoms with E-state index in [1.165, 1.54) is 18.0 Å². The van der Waals surface area contributed by atoms with Crippen molar-refractivity contribution in [1.29, 1.82) is 0 Å². The molecule has 3 nitrogen and oxygen atoms in total. The lowest BCUT2D eigenvalue weighted by Gasteiger charge is -2.13. The fourth-order valence-corrected chi connectivity index (χ4v) is 4.12. The first-order valence-electron chi connectivity index (χ1n) is 5.64. The lowest BCUT2D eigenvalue weighted by Crippen LogP contribution is -2.13. The molecule has 0 aliphatic carbocycles. The molecule has 94 valence electrons. The highest BCUT2D eigenvalue weighted by atomic mass is 32.2. The summed E-state index contributed by atoms with van der Waals surface area (Å²) in [4.78, 5) is 1.28. The predicted molar refractivity (Wildman–Crippen MR) is 71.3 cm³/mol. The molecule has 5 heteroatoms. The molecule has 0 bridgehead atoms. The van der Waals surface area contributed by atoms with Crippen LogP contribution in [-0.2, 0) is 9.84 Å². The SMILES string of the molecule is CSc1ccc(C2CCCN2)cc1S(C)(=O)=O. The molecule has 0 spiro atoms. The minimum Gasteiger partial charge on any atom is -0.310 e. The van der Waals surface area contributed by atoms with Gasteiger partial charge in [0.15, 0.2) is 9.84 Å². The molecule has 1 atom stereocenters. The van der Waals surface area contributed by atoms with Crippen LogP contribution in [0.15, 0.2) is 28.0 Å². The number of thioether (sulfide) groups is 1. The van der Waals surface area contributed by atoms with Crippen molar-refractivity contribution in [1.82, 2.24) is 5.32 Å². The summed E-state index contributed by atoms with van der Waals surface area (Å²) in [6.07, 6.45) is 5.41. The van der Waals surface area contributed by atoms with Crippen LogP contribution in [0.4, 0.5) is 0 Å². The molecule has 1 aliphatic heterocycles. The average molecular weight is 271 g/mol. The van der Waals surface area contributed by atoms with Crippen molar-refractivity contribution < 1.29 is 8.42 Å². The Morgan fingerprint density at radius 3 is 2.71 bits per heavy atom. The Labute approximate surface area is 107 Å². The van der Waals surface area contributed by atoms with E-state index in [-0.39, 0.29) is 0 Å². The molecule has 2 rings (SSSR count). The van der Waals surface area contributed by atoms with E-state index in [9.17, 15) is 8.42 Å². The summed E-state index contributed by atoms with van der Waals surface area (Å²) in [7, 11) is -3.15. The Hall–Kier alpha value is -0.520. The van der Waals surface area contributed by atoms with Crippen molar-refractivity contribution in [2.75, 3.05) is 19.1 Å². The Bertz CT molecular complexity index is 505. The van der Waals surface area contributed by atoms with Crippen LogP contribution < -0.4 is 5.32 Å². The molecule has 1 heterocycles. The van der Waals surface area contributed by atoms with Gasteiger partial charge in [0.2, 0.25) is 0 Å². The number of benzene rings is 1. The molecular weight excluding hydrogens is 254 g/mol. The molecule has 0 saturated carbocycles. The van der Waals surface area contributed by atoms with Crippen LogP contribution in [0.5, 0.6) is 0 Å². The summed E-state index contributed by atoms with van der Waals surface area (Å²) in [5.74, 6) is 0. The van der Waals surface area contributed by atoms with E-state index in [2.05, 4.69) is 5.32 Å². The van der Waals surface area contributed by atoms with E-state index in [4.69, 9.17) is 0 Å². The molecule has 1 aliphatic rings. The normalized spacial score (nSPS) is 20.7. The van der Waals surface area contributed by atoms with E-state index < -0.39 is 9.84 Å². The largest absolute Gasteiger partial charge is 0.310 e. The third-order valence-corrected chi connectivity index (χ3v) is 5.11. The lowest BCUT2D eigenvalue weighted by atomic mass is 10.1. The second-order valence-corrected chi connectivity index (χ2v) is 7.16. The van der Waals surface area contributed by atoms with Crippen molar-refractivity contribution >= 4 is 21.6 Å². The van der Waals surface area contributed by atoms with Crippen molar-refractivity contribution in [3.05, 3.63) is 23.8 Å². The monoisotopic (exact) mass is 271 g/mol. The quantitative estimate of drug-likeness (QED) is 0.856. The van der Waals surface area contributed by atoms with Crippen LogP contribution in [0.1, 0.15) is 24.4 Å². The Kier molecular flexibility index (Phi) is 3.80. The van der Waals surface area contributed by atoms with Crippen molar-refractivity contribution in [3.8, 4) is 0 Å². The second-order valence-electron chi connectivity index (χ2n) is 4.33. The van der Waals surface area contributed by atoms with Gasteiger partial charge < -0.3 is 5.32 Å². The fourth-order valence-electron chi connectivity index (χ4n) is 2.17. The summed E-state index contributed by atoms with van der Waals surface area (Å²) in [6, 6.07) is 6.08. The third kappa shape index (κ3) is 2.84. The molecule has 1 unspecified atom stereocenters. The number of hydrogen-bond donors (Lipinski definition) is 1. The lowest BCUT2D eigenvalue weighted by molar-refractivity contribution is 0.598. The van der Waals surface area contributed by atoms with Gasteiger partial charge in [0.1, 0.15) is 0 Å². The fraction of sp³-hybridized carbons (Fsp3) is 0.500. The molecule has 0 aromatic heterocycles. The van der Waals surface area contributed by atoms with E-state index in [0.29, 0.717) is 10.9 Å². The Balaban J connectivity index is 2.44. The van der Waals surface area contributed by atoms with Crippen LogP contribution in [0, 0.1) is 0 Å². The maximum Gasteiger partial charge on any atom is 0.176 e. The Morgan fingerprint density at radius 1 is 1.41 bits per heavy atom. The van der Waals surface area contributed by atoms with Gasteiger partial charge in [-0.15, -0.1) is 11.8 Å². The maximum absolute atomic E-state index is 11.7. The zero-order valence-corrected chi connectivity index (χ0v) is 11.7. The van der Waals surface area contributed by atoms with E-state index in [0.717, 1.165) is 29.8 Å². The van der Waals surface area contributed by atoms with Crippen molar-refractivity contribution in [2.24, 2.45) is 0 Å². The number of sulfone groups is 1. The molecule has 1 fully saturated rings. The van der Waals surface area contributed by atoms with Crippen LogP contribution >= 0.6 is 11.8 Å². The van der Waals surface area contributed by atoms with Crippen molar-refractivity contribution in [2.45, 2.75) is 28.7 Å². The first-order valence-corrected chi connectivity index (χ1v) is 8.75. The number of hydrogen-bond acceptors (Lipinski definition) is 4. The van der Waals surface area contributed by atoms with Gasteiger partial charge in [-0.05, 0) is 43.3 Å². The molecule has 1 N–H and O–H groups in total. The second kappa shape index (κ2) is 5.00. The Morgan fingerprint density at radius 2 is 2.18 bits per heavy atom. The molecule has 17 heavy (non-hydrogen) atoms. The van der Waals surface area contributed by atoms with Crippen LogP contribution in [-0.4, -0.2) is 27.5 Å². The molecule has 1 saturated heterocycles. The highest BCUT2D eigenvalue weighted by molar-refractivity contribution is 7.99. The summed E-state index contributed by atoms with van der Waals surface area (Å²) < 4.78 is 23.5. The van der Waals surface area contributed by atoms with Gasteiger partial charge in [0.25, 0.3) is 0 Å². The minimum absolute atomic E-state index is 0.311. The van der Waals surface area contributed by atoms with Crippen LogP contribution in [0.2, 0.25) is 0 Å². The molecular formula is C12H17NO2S2. The molecule has 0 amide bonds. The van der Waals surface area contributed by atoms with Gasteiger partial charge in [-0.1, -0.05) is 6.07 Å². The highest BCUT2D eigenvalue weighted by Gasteiger charge is 2.20. The van der Waals surface area contributed by atoms with Gasteiger partial charge >= 0.3 is 0 Å². The standard InChI is InChI=1S/C12H17NO2S2/c1-16-11-6-5-9(10-4-3-7-13-10)8-12(11)17(2,14)15/h5-6,8,10,13H,3-4,7H2,1-2H3. The maximum atomic E-state index is 11.7. The van der Waals surface area contributed by atoms with Crippen molar-refractivity contribution in [3.63, 3.8) is 0 Å². The van der Waals surface area contributed by atoms with E-state index in [1.54, 1.807) is 0 Å². The summed E-state index contributed by atoms with van der Waals surface area (Å²) in [5.41, 5.74) is 1.08. The highest BCUT2D eigenvalue weighted by Crippen LogP contribution is 2.30. The molecule has 1 aromatic carbocycles. The van der Waals surface area contributed by atoms with Gasteiger partial charge in [0.05, 0.1) is 4.90 Å². The smallest absolute Gasteiger partial charge is 0.176 e. The summed E-state index contributed by atoms with van der Waals surface area (Å²) in [5, 5.41) is 3.39. The number of nitrogens with one attached hydrogen (secondary N) is 1. The summed E-state index contributed by atoms with van der Waals surface area (Å²) in [6.45, 7) is 1.02. The third-order valence-electron chi connectivity index (χ3n) is 3.05. The van der Waals surface area contributed by atoms with Gasteiger partial charge in [-0.2, -0.15) is 0 Å². The van der Waals surface area contributed by atoms with Gasteiger partial charge in [-0.25, -0.2) is 8.42 Å². The van der Waals surface area contributed by atoms with Crippen LogP contribution in [0.25, 0.3) is 0 Å². The van der Waals surface area contributed by atoms with E-state index >= 15 is 0 Å². The first-order chi connectivity index (χ1) is 8.02.